The number of aliphatic carboxylic acids is 1. The fourth-order valence-electron chi connectivity index (χ4n) is 1.50. The number of carbonyl (C=O) groups is 1. The van der Waals surface area contributed by atoms with Gasteiger partial charge in [0.05, 0.1) is 17.3 Å². The molecule has 0 saturated carbocycles. The summed E-state index contributed by atoms with van der Waals surface area (Å²) in [6, 6.07) is 4.31. The van der Waals surface area contributed by atoms with Crippen LogP contribution in [0.1, 0.15) is 11.1 Å². The number of rotatable bonds is 3. The van der Waals surface area contributed by atoms with Crippen molar-refractivity contribution >= 4 is 28.7 Å². The summed E-state index contributed by atoms with van der Waals surface area (Å²) in [5.41, 5.74) is 7.67. The topological polar surface area (TPSA) is 113 Å². The van der Waals surface area contributed by atoms with Gasteiger partial charge in [-0.25, -0.2) is 0 Å². The van der Waals surface area contributed by atoms with Crippen LogP contribution in [0.15, 0.2) is 12.1 Å². The smallest absolute Gasteiger partial charge is 0.320 e. The highest BCUT2D eigenvalue weighted by Gasteiger charge is 2.16. The Bertz CT molecular complexity index is 616. The van der Waals surface area contributed by atoms with Crippen LogP contribution < -0.4 is 5.73 Å². The molecule has 3 N–H and O–H groups in total. The van der Waals surface area contributed by atoms with E-state index < -0.39 is 12.0 Å². The second kappa shape index (κ2) is 4.45. The number of hydrogen-bond acceptors (Lipinski definition) is 6. The summed E-state index contributed by atoms with van der Waals surface area (Å²) in [7, 11) is 0. The summed E-state index contributed by atoms with van der Waals surface area (Å²) >= 11 is 0.993. The van der Waals surface area contributed by atoms with Gasteiger partial charge >= 0.3 is 5.97 Å². The number of aromatic nitrogens is 2. The molecule has 6 nitrogen and oxygen atoms in total. The van der Waals surface area contributed by atoms with Crippen molar-refractivity contribution < 1.29 is 9.90 Å². The van der Waals surface area contributed by atoms with E-state index in [9.17, 15) is 4.79 Å². The number of carboxylic acid groups (broad SMARTS) is 1. The van der Waals surface area contributed by atoms with E-state index in [2.05, 4.69) is 8.75 Å². The minimum Gasteiger partial charge on any atom is -0.480 e. The van der Waals surface area contributed by atoms with Gasteiger partial charge in [-0.2, -0.15) is 14.0 Å². The van der Waals surface area contributed by atoms with Crippen molar-refractivity contribution in [3.8, 4) is 6.07 Å². The van der Waals surface area contributed by atoms with Crippen molar-refractivity contribution in [3.63, 3.8) is 0 Å². The lowest BCUT2D eigenvalue weighted by Crippen LogP contribution is -2.32. The molecule has 1 aromatic carbocycles. The lowest BCUT2D eigenvalue weighted by atomic mass is 10.0. The van der Waals surface area contributed by atoms with Crippen LogP contribution in [0.5, 0.6) is 0 Å². The van der Waals surface area contributed by atoms with E-state index in [1.165, 1.54) is 0 Å². The average molecular weight is 248 g/mol. The molecule has 0 bridgehead atoms. The van der Waals surface area contributed by atoms with Crippen molar-refractivity contribution in [2.24, 2.45) is 5.73 Å². The summed E-state index contributed by atoms with van der Waals surface area (Å²) in [4.78, 5) is 10.7. The van der Waals surface area contributed by atoms with Crippen LogP contribution in [0, 0.1) is 11.3 Å². The maximum atomic E-state index is 10.7. The van der Waals surface area contributed by atoms with Crippen LogP contribution in [0.2, 0.25) is 0 Å². The average Bonchev–Trinajstić information content (AvgIpc) is 2.78. The minimum absolute atomic E-state index is 0.170. The highest BCUT2D eigenvalue weighted by atomic mass is 32.1. The normalized spacial score (nSPS) is 12.2. The molecule has 2 aromatic rings. The van der Waals surface area contributed by atoms with Crippen LogP contribution in [0.3, 0.4) is 0 Å². The van der Waals surface area contributed by atoms with Gasteiger partial charge < -0.3 is 10.8 Å². The number of fused-ring (bicyclic) bond motifs is 1. The summed E-state index contributed by atoms with van der Waals surface area (Å²) < 4.78 is 8.09. The summed E-state index contributed by atoms with van der Waals surface area (Å²) in [6.45, 7) is 0. The molecule has 0 aliphatic carbocycles. The monoisotopic (exact) mass is 248 g/mol. The van der Waals surface area contributed by atoms with Gasteiger partial charge in [-0.1, -0.05) is 6.07 Å². The largest absolute Gasteiger partial charge is 0.480 e. The Balaban J connectivity index is 2.46. The van der Waals surface area contributed by atoms with E-state index in [0.717, 1.165) is 11.7 Å². The zero-order valence-electron chi connectivity index (χ0n) is 8.62. The van der Waals surface area contributed by atoms with Gasteiger partial charge in [0.25, 0.3) is 0 Å². The molecule has 0 amide bonds. The van der Waals surface area contributed by atoms with Crippen LogP contribution >= 0.6 is 11.7 Å². The molecule has 1 atom stereocenters. The van der Waals surface area contributed by atoms with E-state index in [-0.39, 0.29) is 6.42 Å². The number of hydrogen-bond donors (Lipinski definition) is 2. The lowest BCUT2D eigenvalue weighted by Gasteiger charge is -2.06. The van der Waals surface area contributed by atoms with Crippen LogP contribution in [0.25, 0.3) is 11.0 Å². The predicted molar refractivity (Wildman–Crippen MR) is 61.4 cm³/mol. The lowest BCUT2D eigenvalue weighted by molar-refractivity contribution is -0.138. The molecule has 0 saturated heterocycles. The maximum Gasteiger partial charge on any atom is 0.320 e. The molecule has 0 spiro atoms. The Morgan fingerprint density at radius 1 is 1.53 bits per heavy atom. The molecule has 0 aliphatic heterocycles. The highest BCUT2D eigenvalue weighted by Crippen LogP contribution is 2.21. The maximum absolute atomic E-state index is 10.7. The van der Waals surface area contributed by atoms with Gasteiger partial charge in [0.15, 0.2) is 0 Å². The summed E-state index contributed by atoms with van der Waals surface area (Å²) in [5, 5.41) is 17.6. The van der Waals surface area contributed by atoms with Crippen LogP contribution in [-0.4, -0.2) is 25.9 Å². The van der Waals surface area contributed by atoms with Crippen molar-refractivity contribution in [2.45, 2.75) is 12.5 Å². The Morgan fingerprint density at radius 3 is 2.88 bits per heavy atom. The molecule has 7 heteroatoms. The Kier molecular flexibility index (Phi) is 2.99. The van der Waals surface area contributed by atoms with Gasteiger partial charge in [0, 0.05) is 6.42 Å². The van der Waals surface area contributed by atoms with Gasteiger partial charge in [0.1, 0.15) is 23.1 Å². The Morgan fingerprint density at radius 2 is 2.24 bits per heavy atom. The third-order valence-corrected chi connectivity index (χ3v) is 2.90. The van der Waals surface area contributed by atoms with E-state index >= 15 is 0 Å². The highest BCUT2D eigenvalue weighted by molar-refractivity contribution is 7.00. The summed E-state index contributed by atoms with van der Waals surface area (Å²) in [6.07, 6.45) is 0.170. The molecule has 1 aromatic heterocycles. The molecule has 2 rings (SSSR count). The molecular weight excluding hydrogens is 240 g/mol. The molecule has 0 fully saturated rings. The second-order valence-corrected chi connectivity index (χ2v) is 4.02. The quantitative estimate of drug-likeness (QED) is 0.818. The molecule has 17 heavy (non-hydrogen) atoms. The first kappa shape index (κ1) is 11.4. The van der Waals surface area contributed by atoms with Crippen molar-refractivity contribution in [1.82, 2.24) is 8.75 Å². The van der Waals surface area contributed by atoms with Crippen LogP contribution in [-0.2, 0) is 11.2 Å². The van der Waals surface area contributed by atoms with Gasteiger partial charge in [-0.15, -0.1) is 0 Å². The van der Waals surface area contributed by atoms with E-state index in [1.807, 2.05) is 6.07 Å². The molecule has 1 unspecified atom stereocenters. The third-order valence-electron chi connectivity index (χ3n) is 2.38. The van der Waals surface area contributed by atoms with Gasteiger partial charge in [-0.3, -0.25) is 4.79 Å². The number of benzene rings is 1. The zero-order chi connectivity index (χ0) is 12.4. The zero-order valence-corrected chi connectivity index (χ0v) is 9.44. The minimum atomic E-state index is -1.06. The van der Waals surface area contributed by atoms with Crippen LogP contribution in [0.4, 0.5) is 0 Å². The van der Waals surface area contributed by atoms with Crippen molar-refractivity contribution in [1.29, 1.82) is 5.26 Å². The van der Waals surface area contributed by atoms with Crippen molar-refractivity contribution in [3.05, 3.63) is 23.3 Å². The molecule has 0 radical (unpaired) electrons. The van der Waals surface area contributed by atoms with E-state index in [4.69, 9.17) is 16.1 Å². The first-order valence-corrected chi connectivity index (χ1v) is 5.49. The number of nitrogens with two attached hydrogens (primary N) is 1. The Hall–Kier alpha value is -2.04. The van der Waals surface area contributed by atoms with E-state index in [0.29, 0.717) is 22.2 Å². The predicted octanol–water partition coefficient (Wildman–Crippen LogP) is 0.517. The molecular formula is C10H8N4O2S. The number of carboxylic acids is 1. The molecule has 1 heterocycles. The fraction of sp³-hybridized carbons (Fsp3) is 0.200. The number of nitriles is 1. The molecule has 86 valence electrons. The Labute approximate surface area is 101 Å². The van der Waals surface area contributed by atoms with Crippen molar-refractivity contribution in [2.75, 3.05) is 0 Å². The second-order valence-electron chi connectivity index (χ2n) is 3.49. The molecule has 0 aliphatic rings. The SMILES string of the molecule is N#Cc1ccc(CC(N)C(=O)O)c2nsnc12. The van der Waals surface area contributed by atoms with Gasteiger partial charge in [-0.05, 0) is 11.6 Å². The van der Waals surface area contributed by atoms with E-state index in [1.54, 1.807) is 12.1 Å². The third kappa shape index (κ3) is 2.08. The van der Waals surface area contributed by atoms with Gasteiger partial charge in [0.2, 0.25) is 0 Å². The standard InChI is InChI=1S/C10H8N4O2S/c11-4-6-2-1-5(3-7(12)10(15)16)8-9(6)14-17-13-8/h1-2,7H,3,12H2,(H,15,16). The first-order chi connectivity index (χ1) is 8.13. The number of nitrogens with zero attached hydrogens (tertiary/aromatic N) is 3. The summed E-state index contributed by atoms with van der Waals surface area (Å²) in [5.74, 6) is -1.06. The fourth-order valence-corrected chi connectivity index (χ4v) is 2.09. The first-order valence-electron chi connectivity index (χ1n) is 4.76.